The van der Waals surface area contributed by atoms with Crippen LogP contribution < -0.4 is 20.9 Å². The number of nitrogen functional groups attached to an aromatic ring is 1. The molecule has 0 aliphatic carbocycles. The summed E-state index contributed by atoms with van der Waals surface area (Å²) in [6.45, 7) is 3.56. The van der Waals surface area contributed by atoms with Crippen molar-refractivity contribution >= 4 is 27.8 Å². The molecule has 2 aromatic rings. The van der Waals surface area contributed by atoms with E-state index in [1.807, 2.05) is 0 Å². The van der Waals surface area contributed by atoms with Gasteiger partial charge in [-0.25, -0.2) is 4.39 Å². The maximum Gasteiger partial charge on any atom is 0.329 e. The van der Waals surface area contributed by atoms with E-state index in [4.69, 9.17) is 5.84 Å². The molecular formula is C14H18FN5OS. The molecule has 118 valence electrons. The average Bonchev–Trinajstić information content (AvgIpc) is 2.79. The van der Waals surface area contributed by atoms with E-state index in [9.17, 15) is 9.18 Å². The third kappa shape index (κ3) is 2.93. The molecule has 0 amide bonds. The van der Waals surface area contributed by atoms with Crippen molar-refractivity contribution in [2.75, 3.05) is 49.3 Å². The molecule has 0 saturated carbocycles. The molecule has 1 aliphatic heterocycles. The van der Waals surface area contributed by atoms with E-state index < -0.39 is 0 Å². The molecular weight excluding hydrogens is 305 g/mol. The van der Waals surface area contributed by atoms with Crippen LogP contribution in [0, 0.1) is 5.82 Å². The molecule has 0 spiro atoms. The number of hydrogen-bond acceptors (Lipinski definition) is 6. The van der Waals surface area contributed by atoms with Gasteiger partial charge in [-0.1, -0.05) is 11.3 Å². The van der Waals surface area contributed by atoms with Crippen molar-refractivity contribution in [2.24, 2.45) is 0 Å². The second kappa shape index (κ2) is 5.98. The predicted octanol–water partition coefficient (Wildman–Crippen LogP) is 1.26. The summed E-state index contributed by atoms with van der Waals surface area (Å²) in [4.78, 5) is 16.1. The minimum Gasteiger partial charge on any atom is -0.358 e. The van der Waals surface area contributed by atoms with Crippen molar-refractivity contribution in [3.05, 3.63) is 39.8 Å². The highest BCUT2D eigenvalue weighted by Gasteiger charge is 2.22. The molecule has 22 heavy (non-hydrogen) atoms. The van der Waals surface area contributed by atoms with Crippen LogP contribution in [0.2, 0.25) is 0 Å². The molecule has 1 fully saturated rings. The summed E-state index contributed by atoms with van der Waals surface area (Å²) in [6, 6.07) is 5.96. The van der Waals surface area contributed by atoms with Crippen LogP contribution in [0.5, 0.6) is 0 Å². The van der Waals surface area contributed by atoms with E-state index in [0.29, 0.717) is 11.5 Å². The molecule has 8 heteroatoms. The minimum absolute atomic E-state index is 0.224. The SMILES string of the molecule is CN1CCN(c2sc(=O)n(N)c2Nc2ccc(F)cc2)CC1. The zero-order valence-corrected chi connectivity index (χ0v) is 13.1. The van der Waals surface area contributed by atoms with Gasteiger partial charge in [-0.2, -0.15) is 4.68 Å². The lowest BCUT2D eigenvalue weighted by molar-refractivity contribution is 0.313. The summed E-state index contributed by atoms with van der Waals surface area (Å²) in [5.74, 6) is 6.10. The van der Waals surface area contributed by atoms with E-state index in [2.05, 4.69) is 22.2 Å². The van der Waals surface area contributed by atoms with Gasteiger partial charge in [0.05, 0.1) is 0 Å². The summed E-state index contributed by atoms with van der Waals surface area (Å²) in [6.07, 6.45) is 0. The third-order valence-electron chi connectivity index (χ3n) is 3.72. The first-order chi connectivity index (χ1) is 10.5. The minimum atomic E-state index is -0.305. The number of anilines is 3. The Labute approximate surface area is 131 Å². The quantitative estimate of drug-likeness (QED) is 0.833. The van der Waals surface area contributed by atoms with Crippen LogP contribution in [0.1, 0.15) is 0 Å². The van der Waals surface area contributed by atoms with Crippen LogP contribution >= 0.6 is 11.3 Å². The Morgan fingerprint density at radius 1 is 1.18 bits per heavy atom. The molecule has 0 atom stereocenters. The molecule has 1 saturated heterocycles. The summed E-state index contributed by atoms with van der Waals surface area (Å²) < 4.78 is 14.1. The first-order valence-corrected chi connectivity index (χ1v) is 7.83. The monoisotopic (exact) mass is 323 g/mol. The van der Waals surface area contributed by atoms with Gasteiger partial charge in [0.1, 0.15) is 10.8 Å². The van der Waals surface area contributed by atoms with Crippen LogP contribution in [-0.4, -0.2) is 42.8 Å². The van der Waals surface area contributed by atoms with Crippen molar-refractivity contribution in [3.63, 3.8) is 0 Å². The maximum atomic E-state index is 13.0. The molecule has 1 aromatic carbocycles. The van der Waals surface area contributed by atoms with Crippen LogP contribution in [-0.2, 0) is 0 Å². The number of piperazine rings is 1. The molecule has 3 N–H and O–H groups in total. The van der Waals surface area contributed by atoms with E-state index in [1.165, 1.54) is 12.1 Å². The van der Waals surface area contributed by atoms with Gasteiger partial charge in [0.2, 0.25) is 0 Å². The highest BCUT2D eigenvalue weighted by atomic mass is 32.1. The fourth-order valence-corrected chi connectivity index (χ4v) is 3.29. The van der Waals surface area contributed by atoms with Gasteiger partial charge >= 0.3 is 4.87 Å². The average molecular weight is 323 g/mol. The third-order valence-corrected chi connectivity index (χ3v) is 4.74. The van der Waals surface area contributed by atoms with Gasteiger partial charge in [-0.05, 0) is 31.3 Å². The second-order valence-electron chi connectivity index (χ2n) is 5.31. The lowest BCUT2D eigenvalue weighted by atomic mass is 10.3. The fraction of sp³-hybridized carbons (Fsp3) is 0.357. The Morgan fingerprint density at radius 3 is 2.45 bits per heavy atom. The van der Waals surface area contributed by atoms with Crippen molar-refractivity contribution in [1.82, 2.24) is 9.58 Å². The molecule has 6 nitrogen and oxygen atoms in total. The number of nitrogens with one attached hydrogen (secondary N) is 1. The van der Waals surface area contributed by atoms with Gasteiger partial charge in [-0.15, -0.1) is 0 Å². The van der Waals surface area contributed by atoms with Crippen molar-refractivity contribution in [1.29, 1.82) is 0 Å². The molecule has 1 aliphatic rings. The number of likely N-dealkylation sites (N-methyl/N-ethyl adjacent to an activating group) is 1. The topological polar surface area (TPSA) is 66.5 Å². The fourth-order valence-electron chi connectivity index (χ4n) is 2.38. The summed E-state index contributed by atoms with van der Waals surface area (Å²) >= 11 is 1.12. The number of rotatable bonds is 3. The summed E-state index contributed by atoms with van der Waals surface area (Å²) in [7, 11) is 2.07. The van der Waals surface area contributed by atoms with Crippen LogP contribution in [0.4, 0.5) is 20.9 Å². The number of nitrogens with zero attached hydrogens (tertiary/aromatic N) is 3. The number of thiazole rings is 1. The van der Waals surface area contributed by atoms with Crippen molar-refractivity contribution < 1.29 is 4.39 Å². The van der Waals surface area contributed by atoms with E-state index in [-0.39, 0.29) is 10.7 Å². The summed E-state index contributed by atoms with van der Waals surface area (Å²) in [5.41, 5.74) is 0.689. The zero-order valence-electron chi connectivity index (χ0n) is 12.3. The highest BCUT2D eigenvalue weighted by Crippen LogP contribution is 2.31. The number of halogens is 1. The van der Waals surface area contributed by atoms with Gasteiger partial charge in [0, 0.05) is 31.9 Å². The van der Waals surface area contributed by atoms with E-state index >= 15 is 0 Å². The Balaban J connectivity index is 1.89. The van der Waals surface area contributed by atoms with Gasteiger partial charge in [-0.3, -0.25) is 4.79 Å². The van der Waals surface area contributed by atoms with E-state index in [1.54, 1.807) is 12.1 Å². The molecule has 2 heterocycles. The van der Waals surface area contributed by atoms with Gasteiger partial charge in [0.15, 0.2) is 5.82 Å². The zero-order chi connectivity index (χ0) is 15.7. The Hall–Kier alpha value is -2.06. The van der Waals surface area contributed by atoms with Crippen molar-refractivity contribution in [2.45, 2.75) is 0 Å². The van der Waals surface area contributed by atoms with Gasteiger partial charge in [0.25, 0.3) is 0 Å². The van der Waals surface area contributed by atoms with Gasteiger partial charge < -0.3 is 21.0 Å². The Morgan fingerprint density at radius 2 is 1.82 bits per heavy atom. The smallest absolute Gasteiger partial charge is 0.329 e. The molecule has 1 aromatic heterocycles. The summed E-state index contributed by atoms with van der Waals surface area (Å²) in [5, 5.41) is 3.95. The first-order valence-electron chi connectivity index (χ1n) is 7.01. The second-order valence-corrected chi connectivity index (χ2v) is 6.25. The van der Waals surface area contributed by atoms with Crippen LogP contribution in [0.3, 0.4) is 0 Å². The Bertz CT molecular complexity index is 703. The molecule has 3 rings (SSSR count). The van der Waals surface area contributed by atoms with Crippen molar-refractivity contribution in [3.8, 4) is 0 Å². The predicted molar refractivity (Wildman–Crippen MR) is 88.1 cm³/mol. The highest BCUT2D eigenvalue weighted by molar-refractivity contribution is 7.14. The Kier molecular flexibility index (Phi) is 4.04. The maximum absolute atomic E-state index is 13.0. The number of hydrogen-bond donors (Lipinski definition) is 2. The van der Waals surface area contributed by atoms with Crippen LogP contribution in [0.25, 0.3) is 0 Å². The molecule has 0 radical (unpaired) electrons. The normalized spacial score (nSPS) is 16.0. The van der Waals surface area contributed by atoms with Crippen LogP contribution in [0.15, 0.2) is 29.1 Å². The van der Waals surface area contributed by atoms with E-state index in [0.717, 1.165) is 47.2 Å². The molecule has 0 unspecified atom stereocenters. The largest absolute Gasteiger partial charge is 0.358 e. The standard InChI is InChI=1S/C14H18FN5OS/c1-18-6-8-19(9-7-18)13-12(20(16)14(21)22-13)17-11-4-2-10(15)3-5-11/h2-5,17H,6-9,16H2,1H3. The lowest BCUT2D eigenvalue weighted by Gasteiger charge is -2.33. The number of aromatic nitrogens is 1. The number of benzene rings is 1. The number of nitrogens with two attached hydrogens (primary N) is 1. The first kappa shape index (κ1) is 14.9. The lowest BCUT2D eigenvalue weighted by Crippen LogP contribution is -2.44. The molecule has 0 bridgehead atoms.